The van der Waals surface area contributed by atoms with Crippen molar-refractivity contribution in [3.8, 4) is 11.5 Å². The maximum absolute atomic E-state index is 14.4. The Balaban J connectivity index is 1.77. The maximum atomic E-state index is 14.4. The van der Waals surface area contributed by atoms with Crippen LogP contribution in [0.5, 0.6) is 11.5 Å². The van der Waals surface area contributed by atoms with Gasteiger partial charge in [0.05, 0.1) is 16.8 Å². The quantitative estimate of drug-likeness (QED) is 0.631. The molecule has 1 aromatic carbocycles. The van der Waals surface area contributed by atoms with Crippen molar-refractivity contribution in [2.75, 3.05) is 32.6 Å². The highest BCUT2D eigenvalue weighted by Crippen LogP contribution is 2.34. The zero-order valence-electron chi connectivity index (χ0n) is 17.0. The molecule has 31 heavy (non-hydrogen) atoms. The van der Waals surface area contributed by atoms with Crippen molar-refractivity contribution in [2.24, 2.45) is 5.92 Å². The van der Waals surface area contributed by atoms with E-state index in [0.717, 1.165) is 10.8 Å². The van der Waals surface area contributed by atoms with Gasteiger partial charge in [0.2, 0.25) is 0 Å². The number of aromatic nitrogens is 1. The summed E-state index contributed by atoms with van der Waals surface area (Å²) in [5, 5.41) is 0.284. The van der Waals surface area contributed by atoms with Crippen LogP contribution in [0.2, 0.25) is 5.02 Å². The van der Waals surface area contributed by atoms with Crippen LogP contribution in [-0.2, 0) is 10.2 Å². The van der Waals surface area contributed by atoms with Gasteiger partial charge < -0.3 is 9.64 Å². The predicted molar refractivity (Wildman–Crippen MR) is 112 cm³/mol. The molecule has 0 unspecified atom stereocenters. The molecule has 0 radical (unpaired) electrons. The van der Waals surface area contributed by atoms with Crippen molar-refractivity contribution in [3.05, 3.63) is 46.6 Å². The topological polar surface area (TPSA) is 91.8 Å². The minimum Gasteiger partial charge on any atom is -0.452 e. The van der Waals surface area contributed by atoms with Crippen LogP contribution >= 0.6 is 11.6 Å². The van der Waals surface area contributed by atoms with Crippen LogP contribution in [0.15, 0.2) is 24.4 Å². The van der Waals surface area contributed by atoms with E-state index in [4.69, 9.17) is 16.3 Å². The molecule has 0 bridgehead atoms. The number of nitrogens with one attached hydrogen (secondary N) is 1. The molecule has 0 aliphatic heterocycles. The van der Waals surface area contributed by atoms with Crippen molar-refractivity contribution in [1.29, 1.82) is 0 Å². The molecule has 168 valence electrons. The lowest BCUT2D eigenvalue weighted by molar-refractivity contribution is 0.0975. The normalized spacial score (nSPS) is 13.9. The number of hydrogen-bond acceptors (Lipinski definition) is 6. The first-order valence-corrected chi connectivity index (χ1v) is 11.1. The van der Waals surface area contributed by atoms with Crippen LogP contribution in [0.1, 0.15) is 23.2 Å². The number of ether oxygens (including phenoxy) is 1. The zero-order valence-corrected chi connectivity index (χ0v) is 18.6. The van der Waals surface area contributed by atoms with Crippen molar-refractivity contribution in [3.63, 3.8) is 0 Å². The molecule has 0 atom stereocenters. The number of pyridine rings is 1. The molecule has 2 aromatic rings. The zero-order chi connectivity index (χ0) is 22.9. The average molecular weight is 475 g/mol. The number of rotatable bonds is 8. The third-order valence-electron chi connectivity index (χ3n) is 4.58. The summed E-state index contributed by atoms with van der Waals surface area (Å²) >= 11 is 6.25. The van der Waals surface area contributed by atoms with E-state index in [2.05, 4.69) is 4.98 Å². The number of carbonyl (C=O) groups excluding carboxylic acids is 1. The number of benzene rings is 1. The van der Waals surface area contributed by atoms with Crippen LogP contribution in [0.4, 0.5) is 14.6 Å². The molecule has 1 aliphatic rings. The molecular formula is C19H21ClF2N4O4S. The summed E-state index contributed by atoms with van der Waals surface area (Å²) < 4.78 is 59.9. The second-order valence-corrected chi connectivity index (χ2v) is 9.68. The molecule has 3 rings (SSSR count). The Hall–Kier alpha value is -2.50. The summed E-state index contributed by atoms with van der Waals surface area (Å²) in [5.41, 5.74) is -0.788. The third-order valence-corrected chi connectivity index (χ3v) is 6.27. The fraction of sp³-hybridized carbons (Fsp3) is 0.368. The number of hydrogen-bond donors (Lipinski definition) is 1. The molecule has 1 aromatic heterocycles. The fourth-order valence-corrected chi connectivity index (χ4v) is 3.52. The maximum Gasteiger partial charge on any atom is 0.303 e. The summed E-state index contributed by atoms with van der Waals surface area (Å²) in [7, 11) is 0.0528. The predicted octanol–water partition coefficient (Wildman–Crippen LogP) is 3.19. The Morgan fingerprint density at radius 1 is 1.23 bits per heavy atom. The summed E-state index contributed by atoms with van der Waals surface area (Å²) in [6.45, 7) is 0.819. The van der Waals surface area contributed by atoms with Gasteiger partial charge in [-0.15, -0.1) is 0 Å². The SMILES string of the molecule is CN(CC1CC1)c1ncc(Oc2cc(F)c(C(=O)NS(=O)(=O)N(C)C)cc2F)cc1Cl. The average Bonchev–Trinajstić information content (AvgIpc) is 3.47. The van der Waals surface area contributed by atoms with Crippen molar-refractivity contribution in [2.45, 2.75) is 12.8 Å². The lowest BCUT2D eigenvalue weighted by Gasteiger charge is -2.19. The number of carbonyl (C=O) groups is 1. The highest BCUT2D eigenvalue weighted by Gasteiger charge is 2.25. The Morgan fingerprint density at radius 3 is 2.48 bits per heavy atom. The minimum atomic E-state index is -4.17. The highest BCUT2D eigenvalue weighted by molar-refractivity contribution is 7.87. The molecule has 8 nitrogen and oxygen atoms in total. The first kappa shape index (κ1) is 23.2. The van der Waals surface area contributed by atoms with Gasteiger partial charge in [0.25, 0.3) is 5.91 Å². The number of amides is 1. The molecule has 1 saturated carbocycles. The van der Waals surface area contributed by atoms with E-state index in [1.165, 1.54) is 39.2 Å². The molecule has 0 saturated heterocycles. The van der Waals surface area contributed by atoms with Crippen LogP contribution < -0.4 is 14.4 Å². The lowest BCUT2D eigenvalue weighted by atomic mass is 10.2. The second kappa shape index (κ2) is 8.93. The standard InChI is InChI=1S/C19H21ClF2N4O4S/c1-25(2)31(28,29)24-19(27)13-7-16(22)17(8-15(13)21)30-12-6-14(20)18(23-9-12)26(3)10-11-4-5-11/h6-9,11H,4-5,10H2,1-3H3,(H,24,27). The van der Waals surface area contributed by atoms with E-state index < -0.39 is 39.1 Å². The van der Waals surface area contributed by atoms with E-state index in [-0.39, 0.29) is 10.8 Å². The molecule has 1 amide bonds. The summed E-state index contributed by atoms with van der Waals surface area (Å²) in [4.78, 5) is 18.2. The first-order chi connectivity index (χ1) is 14.5. The van der Waals surface area contributed by atoms with Crippen molar-refractivity contribution < 1.29 is 26.7 Å². The van der Waals surface area contributed by atoms with Crippen LogP contribution in [-0.4, -0.2) is 51.3 Å². The Bertz CT molecular complexity index is 1110. The first-order valence-electron chi connectivity index (χ1n) is 9.26. The monoisotopic (exact) mass is 474 g/mol. The van der Waals surface area contributed by atoms with Crippen molar-refractivity contribution in [1.82, 2.24) is 14.0 Å². The molecule has 1 aliphatic carbocycles. The van der Waals surface area contributed by atoms with Gasteiger partial charge in [-0.2, -0.15) is 12.7 Å². The molecule has 0 spiro atoms. The third kappa shape index (κ3) is 5.60. The summed E-state index contributed by atoms with van der Waals surface area (Å²) in [5.74, 6) is -2.83. The number of nitrogens with zero attached hydrogens (tertiary/aromatic N) is 3. The molecule has 12 heteroatoms. The van der Waals surface area contributed by atoms with Gasteiger partial charge in [0, 0.05) is 39.8 Å². The molecule has 1 fully saturated rings. The smallest absolute Gasteiger partial charge is 0.303 e. The van der Waals surface area contributed by atoms with E-state index in [0.29, 0.717) is 23.9 Å². The van der Waals surface area contributed by atoms with E-state index in [9.17, 15) is 22.0 Å². The van der Waals surface area contributed by atoms with Crippen LogP contribution in [0, 0.1) is 17.6 Å². The Morgan fingerprint density at radius 2 is 1.90 bits per heavy atom. The van der Waals surface area contributed by atoms with E-state index in [1.807, 2.05) is 11.9 Å². The van der Waals surface area contributed by atoms with E-state index >= 15 is 0 Å². The molecule has 1 N–H and O–H groups in total. The van der Waals surface area contributed by atoms with E-state index in [1.54, 1.807) is 4.72 Å². The largest absolute Gasteiger partial charge is 0.452 e. The van der Waals surface area contributed by atoms with Gasteiger partial charge in [-0.1, -0.05) is 11.6 Å². The van der Waals surface area contributed by atoms with Gasteiger partial charge in [-0.05, 0) is 24.8 Å². The summed E-state index contributed by atoms with van der Waals surface area (Å²) in [6, 6.07) is 2.63. The van der Waals surface area contributed by atoms with Crippen molar-refractivity contribution >= 4 is 33.5 Å². The van der Waals surface area contributed by atoms with Crippen LogP contribution in [0.3, 0.4) is 0 Å². The molecule has 1 heterocycles. The van der Waals surface area contributed by atoms with Gasteiger partial charge in [0.15, 0.2) is 11.6 Å². The van der Waals surface area contributed by atoms with Crippen LogP contribution in [0.25, 0.3) is 0 Å². The molecular weight excluding hydrogens is 454 g/mol. The fourth-order valence-electron chi connectivity index (χ4n) is 2.70. The highest BCUT2D eigenvalue weighted by atomic mass is 35.5. The summed E-state index contributed by atoms with van der Waals surface area (Å²) in [6.07, 6.45) is 3.67. The van der Waals surface area contributed by atoms with Gasteiger partial charge in [-0.25, -0.2) is 18.5 Å². The second-order valence-electron chi connectivity index (χ2n) is 7.38. The number of anilines is 1. The van der Waals surface area contributed by atoms with Gasteiger partial charge >= 0.3 is 10.2 Å². The Kier molecular flexibility index (Phi) is 6.68. The lowest BCUT2D eigenvalue weighted by Crippen LogP contribution is -2.39. The minimum absolute atomic E-state index is 0.0688. The van der Waals surface area contributed by atoms with Gasteiger partial charge in [-0.3, -0.25) is 4.79 Å². The van der Waals surface area contributed by atoms with Gasteiger partial charge in [0.1, 0.15) is 17.4 Å². The Labute approximate surface area is 183 Å². The number of halogens is 3.